The smallest absolute Gasteiger partial charge is 0.242 e. The van der Waals surface area contributed by atoms with Crippen molar-refractivity contribution in [2.75, 3.05) is 26.7 Å². The first-order valence-electron chi connectivity index (χ1n) is 9.12. The summed E-state index contributed by atoms with van der Waals surface area (Å²) in [5, 5.41) is 0. The molecule has 1 saturated heterocycles. The van der Waals surface area contributed by atoms with Gasteiger partial charge in [0.15, 0.2) is 11.6 Å². The molecule has 4 unspecified atom stereocenters. The minimum atomic E-state index is -0.463. The van der Waals surface area contributed by atoms with Gasteiger partial charge in [-0.2, -0.15) is 0 Å². The average Bonchev–Trinajstić information content (AvgIpc) is 3.33. The molecule has 4 rings (SSSR count). The van der Waals surface area contributed by atoms with Gasteiger partial charge in [-0.3, -0.25) is 19.3 Å². The van der Waals surface area contributed by atoms with E-state index in [-0.39, 0.29) is 66.8 Å². The van der Waals surface area contributed by atoms with Crippen LogP contribution < -0.4 is 4.74 Å². The number of likely N-dealkylation sites (N-methyl/N-ethyl adjacent to an activating group) is 1. The molecule has 7 heteroatoms. The number of hydrogen-bond donors (Lipinski definition) is 0. The number of carbonyl (C=O) groups is 3. The summed E-state index contributed by atoms with van der Waals surface area (Å²) in [6.45, 7) is 0.0910. The lowest BCUT2D eigenvalue weighted by Crippen LogP contribution is -2.43. The minimum Gasteiger partial charge on any atom is -0.489 e. The Morgan fingerprint density at radius 2 is 1.81 bits per heavy atom. The van der Waals surface area contributed by atoms with Crippen molar-refractivity contribution in [1.82, 2.24) is 9.80 Å². The molecular formula is C20H21FN2O4. The molecule has 1 saturated carbocycles. The molecule has 0 N–H and O–H groups in total. The third-order valence-corrected chi connectivity index (χ3v) is 5.80. The lowest BCUT2D eigenvalue weighted by atomic mass is 9.85. The van der Waals surface area contributed by atoms with Gasteiger partial charge in [-0.15, -0.1) is 0 Å². The monoisotopic (exact) mass is 372 g/mol. The van der Waals surface area contributed by atoms with Crippen LogP contribution in [0.3, 0.4) is 0 Å². The molecule has 142 valence electrons. The van der Waals surface area contributed by atoms with Gasteiger partial charge in [-0.1, -0.05) is 24.3 Å². The van der Waals surface area contributed by atoms with Gasteiger partial charge in [0.1, 0.15) is 13.2 Å². The number of carbonyl (C=O) groups excluding carboxylic acids is 3. The summed E-state index contributed by atoms with van der Waals surface area (Å²) in [6, 6.07) is 6.04. The number of rotatable bonds is 6. The summed E-state index contributed by atoms with van der Waals surface area (Å²) in [5.74, 6) is -1.48. The summed E-state index contributed by atoms with van der Waals surface area (Å²) in [6.07, 6.45) is 4.91. The summed E-state index contributed by atoms with van der Waals surface area (Å²) in [4.78, 5) is 40.2. The Labute approximate surface area is 156 Å². The first kappa shape index (κ1) is 17.7. The van der Waals surface area contributed by atoms with Crippen LogP contribution in [0.25, 0.3) is 0 Å². The number of fused-ring (bicyclic) bond motifs is 5. The fourth-order valence-corrected chi connectivity index (χ4v) is 4.35. The highest BCUT2D eigenvalue weighted by atomic mass is 19.1. The number of ether oxygens (including phenoxy) is 1. The summed E-state index contributed by atoms with van der Waals surface area (Å²) < 4.78 is 18.9. The third kappa shape index (κ3) is 3.01. The predicted octanol–water partition coefficient (Wildman–Crippen LogP) is 1.47. The first-order chi connectivity index (χ1) is 13.0. The van der Waals surface area contributed by atoms with Crippen LogP contribution in [-0.2, 0) is 14.4 Å². The number of para-hydroxylation sites is 1. The number of benzene rings is 1. The second-order valence-electron chi connectivity index (χ2n) is 7.36. The molecule has 0 radical (unpaired) electrons. The van der Waals surface area contributed by atoms with Crippen molar-refractivity contribution in [3.05, 3.63) is 42.2 Å². The molecule has 27 heavy (non-hydrogen) atoms. The van der Waals surface area contributed by atoms with Gasteiger partial charge < -0.3 is 9.64 Å². The summed E-state index contributed by atoms with van der Waals surface area (Å²) in [5.41, 5.74) is 0. The molecule has 2 bridgehead atoms. The van der Waals surface area contributed by atoms with Crippen LogP contribution in [0.15, 0.2) is 36.4 Å². The Morgan fingerprint density at radius 3 is 2.44 bits per heavy atom. The number of likely N-dealkylation sites (tertiary alicyclic amines) is 1. The predicted molar refractivity (Wildman–Crippen MR) is 94.0 cm³/mol. The van der Waals surface area contributed by atoms with E-state index in [0.29, 0.717) is 0 Å². The van der Waals surface area contributed by atoms with E-state index in [4.69, 9.17) is 4.74 Å². The number of allylic oxidation sites excluding steroid dienone is 2. The standard InChI is InChI=1S/C20H21FN2O4/c1-22(8-9-27-15-5-3-2-4-14(15)21)16(24)11-23-19(25)17-12-6-7-13(10-12)18(17)20(23)26/h2-7,12-13,17-18H,8-11H2,1H3. The van der Waals surface area contributed by atoms with E-state index in [1.807, 2.05) is 12.2 Å². The van der Waals surface area contributed by atoms with Crippen molar-refractivity contribution in [2.24, 2.45) is 23.7 Å². The maximum absolute atomic E-state index is 13.5. The van der Waals surface area contributed by atoms with Crippen molar-refractivity contribution in [1.29, 1.82) is 0 Å². The zero-order valence-corrected chi connectivity index (χ0v) is 15.0. The molecule has 1 heterocycles. The summed E-state index contributed by atoms with van der Waals surface area (Å²) >= 11 is 0. The van der Waals surface area contributed by atoms with Gasteiger partial charge in [0.2, 0.25) is 17.7 Å². The Balaban J connectivity index is 1.31. The van der Waals surface area contributed by atoms with E-state index in [9.17, 15) is 18.8 Å². The van der Waals surface area contributed by atoms with Crippen LogP contribution in [0.2, 0.25) is 0 Å². The number of hydrogen-bond acceptors (Lipinski definition) is 4. The van der Waals surface area contributed by atoms with Crippen molar-refractivity contribution in [3.63, 3.8) is 0 Å². The van der Waals surface area contributed by atoms with Gasteiger partial charge >= 0.3 is 0 Å². The van der Waals surface area contributed by atoms with Crippen molar-refractivity contribution < 1.29 is 23.5 Å². The van der Waals surface area contributed by atoms with Gasteiger partial charge in [-0.05, 0) is 30.4 Å². The largest absolute Gasteiger partial charge is 0.489 e. The van der Waals surface area contributed by atoms with Crippen LogP contribution in [0.5, 0.6) is 5.75 Å². The lowest BCUT2D eigenvalue weighted by molar-refractivity contribution is -0.146. The molecule has 1 aliphatic heterocycles. The Morgan fingerprint density at radius 1 is 1.19 bits per heavy atom. The molecular weight excluding hydrogens is 351 g/mol. The Kier molecular flexibility index (Phi) is 4.45. The van der Waals surface area contributed by atoms with Gasteiger partial charge in [0.25, 0.3) is 0 Å². The highest BCUT2D eigenvalue weighted by molar-refractivity contribution is 6.08. The maximum Gasteiger partial charge on any atom is 0.242 e. The van der Waals surface area contributed by atoms with Crippen molar-refractivity contribution >= 4 is 17.7 Å². The SMILES string of the molecule is CN(CCOc1ccccc1F)C(=O)CN1C(=O)C2C3C=CC(C3)C2C1=O. The second kappa shape index (κ2) is 6.79. The quantitative estimate of drug-likeness (QED) is 0.560. The lowest BCUT2D eigenvalue weighted by Gasteiger charge is -2.22. The van der Waals surface area contributed by atoms with E-state index in [1.54, 1.807) is 19.2 Å². The molecule has 4 atom stereocenters. The van der Waals surface area contributed by atoms with Crippen LogP contribution in [0.4, 0.5) is 4.39 Å². The second-order valence-corrected chi connectivity index (χ2v) is 7.36. The third-order valence-electron chi connectivity index (χ3n) is 5.80. The molecule has 2 fully saturated rings. The zero-order valence-electron chi connectivity index (χ0n) is 15.0. The van der Waals surface area contributed by atoms with Gasteiger partial charge in [0.05, 0.1) is 18.4 Å². The fourth-order valence-electron chi connectivity index (χ4n) is 4.35. The topological polar surface area (TPSA) is 66.9 Å². The molecule has 0 aromatic heterocycles. The van der Waals surface area contributed by atoms with Crippen molar-refractivity contribution in [2.45, 2.75) is 6.42 Å². The number of amides is 3. The van der Waals surface area contributed by atoms with Crippen LogP contribution in [0, 0.1) is 29.5 Å². The normalized spacial score (nSPS) is 28.0. The first-order valence-corrected chi connectivity index (χ1v) is 9.12. The number of imide groups is 1. The van der Waals surface area contributed by atoms with Crippen molar-refractivity contribution in [3.8, 4) is 5.75 Å². The van der Waals surface area contributed by atoms with E-state index in [0.717, 1.165) is 11.3 Å². The van der Waals surface area contributed by atoms with Gasteiger partial charge in [-0.25, -0.2) is 4.39 Å². The van der Waals surface area contributed by atoms with E-state index in [2.05, 4.69) is 0 Å². The number of nitrogens with zero attached hydrogens (tertiary/aromatic N) is 2. The summed E-state index contributed by atoms with van der Waals surface area (Å²) in [7, 11) is 1.57. The highest BCUT2D eigenvalue weighted by Crippen LogP contribution is 2.52. The average molecular weight is 372 g/mol. The highest BCUT2D eigenvalue weighted by Gasteiger charge is 2.59. The van der Waals surface area contributed by atoms with E-state index in [1.165, 1.54) is 17.0 Å². The van der Waals surface area contributed by atoms with Crippen LogP contribution in [0.1, 0.15) is 6.42 Å². The number of halogens is 1. The van der Waals surface area contributed by atoms with Gasteiger partial charge in [0, 0.05) is 7.05 Å². The van der Waals surface area contributed by atoms with E-state index >= 15 is 0 Å². The van der Waals surface area contributed by atoms with Crippen LogP contribution in [-0.4, -0.2) is 54.3 Å². The zero-order chi connectivity index (χ0) is 19.1. The minimum absolute atomic E-state index is 0.115. The maximum atomic E-state index is 13.5. The Hall–Kier alpha value is -2.70. The molecule has 3 aliphatic rings. The molecule has 3 amide bonds. The van der Waals surface area contributed by atoms with E-state index < -0.39 is 5.82 Å². The molecule has 0 spiro atoms. The molecule has 1 aromatic rings. The van der Waals surface area contributed by atoms with Crippen LogP contribution >= 0.6 is 0 Å². The molecule has 1 aromatic carbocycles. The molecule has 6 nitrogen and oxygen atoms in total. The fraction of sp³-hybridized carbons (Fsp3) is 0.450. The molecule has 2 aliphatic carbocycles. The Bertz CT molecular complexity index is 794.